The SMILES string of the molecule is O=C(CCCn1c(=O)oc2cc([N+](=O)[O-])ccc21)N1CCCC(c2nnc3ccccn23)C1. The molecule has 170 valence electrons. The van der Waals surface area contributed by atoms with Gasteiger partial charge in [-0.25, -0.2) is 4.79 Å². The predicted molar refractivity (Wildman–Crippen MR) is 118 cm³/mol. The highest BCUT2D eigenvalue weighted by Crippen LogP contribution is 2.27. The van der Waals surface area contributed by atoms with Crippen molar-refractivity contribution in [3.8, 4) is 0 Å². The lowest BCUT2D eigenvalue weighted by molar-refractivity contribution is -0.384. The number of nitrogens with zero attached hydrogens (tertiary/aromatic N) is 6. The number of amides is 1. The van der Waals surface area contributed by atoms with E-state index >= 15 is 0 Å². The van der Waals surface area contributed by atoms with Crippen LogP contribution in [0, 0.1) is 10.1 Å². The van der Waals surface area contributed by atoms with E-state index in [4.69, 9.17) is 4.42 Å². The monoisotopic (exact) mass is 450 g/mol. The number of pyridine rings is 1. The highest BCUT2D eigenvalue weighted by atomic mass is 16.6. The van der Waals surface area contributed by atoms with Crippen molar-refractivity contribution in [2.75, 3.05) is 13.1 Å². The van der Waals surface area contributed by atoms with Crippen molar-refractivity contribution in [1.82, 2.24) is 24.1 Å². The van der Waals surface area contributed by atoms with E-state index in [-0.39, 0.29) is 23.1 Å². The molecule has 1 unspecified atom stereocenters. The van der Waals surface area contributed by atoms with Crippen molar-refractivity contribution in [3.05, 3.63) is 69.1 Å². The van der Waals surface area contributed by atoms with E-state index in [2.05, 4.69) is 10.2 Å². The Morgan fingerprint density at radius 1 is 1.24 bits per heavy atom. The summed E-state index contributed by atoms with van der Waals surface area (Å²) in [7, 11) is 0. The Balaban J connectivity index is 1.23. The molecular formula is C22H22N6O5. The van der Waals surface area contributed by atoms with Gasteiger partial charge in [-0.3, -0.25) is 23.9 Å². The average Bonchev–Trinajstić information content (AvgIpc) is 3.39. The first-order valence-corrected chi connectivity index (χ1v) is 10.9. The molecule has 1 aliphatic rings. The molecule has 0 saturated carbocycles. The number of nitro groups is 1. The molecule has 0 N–H and O–H groups in total. The third-order valence-electron chi connectivity index (χ3n) is 6.11. The Hall–Kier alpha value is -4.02. The first kappa shape index (κ1) is 20.9. The molecule has 4 aromatic rings. The third-order valence-corrected chi connectivity index (χ3v) is 6.11. The van der Waals surface area contributed by atoms with Crippen molar-refractivity contribution in [2.24, 2.45) is 0 Å². The zero-order chi connectivity index (χ0) is 22.9. The standard InChI is InChI=1S/C22H22N6O5/c29-20(7-4-12-26-17-9-8-16(28(31)32)13-18(17)33-22(26)30)25-10-3-5-15(14-25)21-24-23-19-6-1-2-11-27(19)21/h1-2,6,8-9,11,13,15H,3-5,7,10,12,14H2. The van der Waals surface area contributed by atoms with E-state index < -0.39 is 10.7 Å². The van der Waals surface area contributed by atoms with Crippen LogP contribution in [-0.4, -0.2) is 48.0 Å². The van der Waals surface area contributed by atoms with Gasteiger partial charge in [0.2, 0.25) is 5.91 Å². The molecule has 1 fully saturated rings. The summed E-state index contributed by atoms with van der Waals surface area (Å²) >= 11 is 0. The van der Waals surface area contributed by atoms with Gasteiger partial charge in [0.25, 0.3) is 5.69 Å². The van der Waals surface area contributed by atoms with Gasteiger partial charge in [-0.2, -0.15) is 0 Å². The number of nitro benzene ring substituents is 1. The zero-order valence-corrected chi connectivity index (χ0v) is 17.8. The van der Waals surface area contributed by atoms with Gasteiger partial charge in [-0.1, -0.05) is 6.07 Å². The van der Waals surface area contributed by atoms with Crippen LogP contribution in [0.1, 0.15) is 37.4 Å². The van der Waals surface area contributed by atoms with Gasteiger partial charge in [0, 0.05) is 44.2 Å². The molecule has 11 nitrogen and oxygen atoms in total. The van der Waals surface area contributed by atoms with E-state index in [1.165, 1.54) is 22.8 Å². The number of aromatic nitrogens is 4. The summed E-state index contributed by atoms with van der Waals surface area (Å²) in [4.78, 5) is 37.3. The second kappa shape index (κ2) is 8.49. The lowest BCUT2D eigenvalue weighted by Crippen LogP contribution is -2.39. The normalized spacial score (nSPS) is 16.5. The molecule has 3 aromatic heterocycles. The van der Waals surface area contributed by atoms with Crippen LogP contribution in [0.2, 0.25) is 0 Å². The number of rotatable bonds is 6. The number of piperidine rings is 1. The van der Waals surface area contributed by atoms with Gasteiger partial charge in [0.05, 0.1) is 16.5 Å². The first-order valence-electron chi connectivity index (χ1n) is 10.9. The van der Waals surface area contributed by atoms with Gasteiger partial charge in [-0.15, -0.1) is 10.2 Å². The molecular weight excluding hydrogens is 428 g/mol. The van der Waals surface area contributed by atoms with E-state index in [0.29, 0.717) is 38.0 Å². The van der Waals surface area contributed by atoms with Crippen molar-refractivity contribution in [3.63, 3.8) is 0 Å². The molecule has 1 aromatic carbocycles. The van der Waals surface area contributed by atoms with Gasteiger partial charge in [0.15, 0.2) is 11.2 Å². The summed E-state index contributed by atoms with van der Waals surface area (Å²) in [5, 5.41) is 19.5. The van der Waals surface area contributed by atoms with Gasteiger partial charge in [0.1, 0.15) is 5.82 Å². The van der Waals surface area contributed by atoms with Crippen LogP contribution in [0.3, 0.4) is 0 Å². The van der Waals surface area contributed by atoms with Gasteiger partial charge >= 0.3 is 5.76 Å². The predicted octanol–water partition coefficient (Wildman–Crippen LogP) is 2.73. The van der Waals surface area contributed by atoms with Gasteiger partial charge in [-0.05, 0) is 37.5 Å². The number of non-ortho nitro benzene ring substituents is 1. The second-order valence-electron chi connectivity index (χ2n) is 8.20. The maximum Gasteiger partial charge on any atom is 0.419 e. The molecule has 1 atom stereocenters. The quantitative estimate of drug-likeness (QED) is 0.326. The van der Waals surface area contributed by atoms with Crippen molar-refractivity contribution in [1.29, 1.82) is 0 Å². The third kappa shape index (κ3) is 3.97. The fourth-order valence-electron chi connectivity index (χ4n) is 4.48. The Morgan fingerprint density at radius 3 is 2.97 bits per heavy atom. The lowest BCUT2D eigenvalue weighted by atomic mass is 9.97. The molecule has 0 aliphatic carbocycles. The molecule has 0 bridgehead atoms. The molecule has 5 rings (SSSR count). The number of aryl methyl sites for hydroxylation is 1. The minimum atomic E-state index is -0.588. The molecule has 1 aliphatic heterocycles. The molecule has 1 amide bonds. The number of hydrogen-bond donors (Lipinski definition) is 0. The van der Waals surface area contributed by atoms with Crippen LogP contribution >= 0.6 is 0 Å². The number of carbonyl (C=O) groups excluding carboxylic acids is 1. The summed E-state index contributed by atoms with van der Waals surface area (Å²) in [6.07, 6.45) is 4.52. The van der Waals surface area contributed by atoms with Crippen LogP contribution in [0.5, 0.6) is 0 Å². The highest BCUT2D eigenvalue weighted by Gasteiger charge is 2.27. The Morgan fingerprint density at radius 2 is 2.12 bits per heavy atom. The number of fused-ring (bicyclic) bond motifs is 2. The number of oxazole rings is 1. The van der Waals surface area contributed by atoms with Crippen molar-refractivity contribution in [2.45, 2.75) is 38.1 Å². The van der Waals surface area contributed by atoms with Gasteiger partial charge < -0.3 is 9.32 Å². The Bertz CT molecular complexity index is 1400. The maximum atomic E-state index is 12.9. The van der Waals surface area contributed by atoms with E-state index in [1.54, 1.807) is 0 Å². The number of hydrogen-bond acceptors (Lipinski definition) is 7. The molecule has 0 spiro atoms. The van der Waals surface area contributed by atoms with E-state index in [9.17, 15) is 19.7 Å². The molecule has 1 saturated heterocycles. The topological polar surface area (TPSA) is 129 Å². The molecule has 4 heterocycles. The van der Waals surface area contributed by atoms with Crippen LogP contribution < -0.4 is 5.76 Å². The van der Waals surface area contributed by atoms with E-state index in [1.807, 2.05) is 33.7 Å². The molecule has 33 heavy (non-hydrogen) atoms. The summed E-state index contributed by atoms with van der Waals surface area (Å²) in [5.74, 6) is 0.435. The summed E-state index contributed by atoms with van der Waals surface area (Å²) in [6, 6.07) is 9.83. The Labute approximate surface area is 187 Å². The smallest absolute Gasteiger partial charge is 0.407 e. The lowest BCUT2D eigenvalue weighted by Gasteiger charge is -2.32. The van der Waals surface area contributed by atoms with Crippen LogP contribution in [0.25, 0.3) is 16.7 Å². The largest absolute Gasteiger partial charge is 0.419 e. The zero-order valence-electron chi connectivity index (χ0n) is 17.8. The van der Waals surface area contributed by atoms with Crippen LogP contribution in [-0.2, 0) is 11.3 Å². The van der Waals surface area contributed by atoms with Crippen LogP contribution in [0.15, 0.2) is 51.8 Å². The number of carbonyl (C=O) groups is 1. The van der Waals surface area contributed by atoms with E-state index in [0.717, 1.165) is 24.3 Å². The first-order chi connectivity index (χ1) is 16.0. The summed E-state index contributed by atoms with van der Waals surface area (Å²) in [5.41, 5.74) is 1.30. The average molecular weight is 450 g/mol. The molecule has 11 heteroatoms. The summed E-state index contributed by atoms with van der Waals surface area (Å²) in [6.45, 7) is 1.58. The fraction of sp³-hybridized carbons (Fsp3) is 0.364. The summed E-state index contributed by atoms with van der Waals surface area (Å²) < 4.78 is 8.53. The minimum absolute atomic E-state index is 0.0324. The van der Waals surface area contributed by atoms with Crippen molar-refractivity contribution < 1.29 is 14.1 Å². The fourth-order valence-corrected chi connectivity index (χ4v) is 4.48. The van der Waals surface area contributed by atoms with Crippen molar-refractivity contribution >= 4 is 28.3 Å². The minimum Gasteiger partial charge on any atom is -0.407 e. The number of likely N-dealkylation sites (tertiary alicyclic amines) is 1. The Kier molecular flexibility index (Phi) is 5.37. The maximum absolute atomic E-state index is 12.9. The van der Waals surface area contributed by atoms with Crippen LogP contribution in [0.4, 0.5) is 5.69 Å². The molecule has 0 radical (unpaired) electrons. The second-order valence-corrected chi connectivity index (χ2v) is 8.20. The number of benzene rings is 1. The highest BCUT2D eigenvalue weighted by molar-refractivity contribution is 5.77.